The quantitative estimate of drug-likeness (QED) is 0.587. The fourth-order valence-electron chi connectivity index (χ4n) is 3.00. The second-order valence-electron chi connectivity index (χ2n) is 7.49. The summed E-state index contributed by atoms with van der Waals surface area (Å²) in [6.45, 7) is 0.799. The van der Waals surface area contributed by atoms with Crippen molar-refractivity contribution in [2.45, 2.75) is 39.7 Å². The largest absolute Gasteiger partial charge is 0.493 e. The van der Waals surface area contributed by atoms with Gasteiger partial charge in [-0.25, -0.2) is 4.79 Å². The Labute approximate surface area is 186 Å². The van der Waals surface area contributed by atoms with E-state index in [1.165, 1.54) is 24.1 Å². The number of alkyl carbamates (subject to hydrolysis) is 1. The minimum atomic E-state index is -3.00. The van der Waals surface area contributed by atoms with Crippen molar-refractivity contribution in [3.8, 4) is 11.5 Å². The molecule has 2 aromatic rings. The summed E-state index contributed by atoms with van der Waals surface area (Å²) in [6, 6.07) is 12.9. The summed E-state index contributed by atoms with van der Waals surface area (Å²) < 4.78 is 40.0. The Hall–Kier alpha value is -3.36. The third-order valence-electron chi connectivity index (χ3n) is 4.66. The van der Waals surface area contributed by atoms with E-state index < -0.39 is 18.7 Å². The van der Waals surface area contributed by atoms with Crippen LogP contribution in [0.3, 0.4) is 0 Å². The summed E-state index contributed by atoms with van der Waals surface area (Å²) in [5.74, 6) is -0.513. The zero-order chi connectivity index (χ0) is 23.7. The highest BCUT2D eigenvalue weighted by molar-refractivity contribution is 5.85. The monoisotopic (exact) mass is 450 g/mol. The van der Waals surface area contributed by atoms with Crippen LogP contribution < -0.4 is 14.8 Å². The van der Waals surface area contributed by atoms with Crippen LogP contribution in [0.1, 0.15) is 25.0 Å². The maximum atomic E-state index is 13.0. The molecular formula is C23H28F2N2O5. The molecule has 2 aromatic carbocycles. The molecule has 0 aliphatic rings. The Balaban J connectivity index is 2.02. The summed E-state index contributed by atoms with van der Waals surface area (Å²) in [7, 11) is 2.91. The maximum absolute atomic E-state index is 13.0. The lowest BCUT2D eigenvalue weighted by Gasteiger charge is -2.27. The lowest BCUT2D eigenvalue weighted by atomic mass is 10.0. The van der Waals surface area contributed by atoms with E-state index in [9.17, 15) is 18.4 Å². The molecule has 7 nitrogen and oxygen atoms in total. The number of hydrogen-bond acceptors (Lipinski definition) is 5. The number of likely N-dealkylation sites (N-methyl/N-ethyl adjacent to an activating group) is 1. The maximum Gasteiger partial charge on any atom is 0.408 e. The number of nitrogens with one attached hydrogen (secondary N) is 1. The number of ether oxygens (including phenoxy) is 3. The number of halogens is 2. The van der Waals surface area contributed by atoms with Crippen molar-refractivity contribution in [1.29, 1.82) is 0 Å². The average Bonchev–Trinajstić information content (AvgIpc) is 2.76. The second kappa shape index (κ2) is 11.9. The van der Waals surface area contributed by atoms with Gasteiger partial charge in [0, 0.05) is 13.6 Å². The smallest absolute Gasteiger partial charge is 0.408 e. The molecule has 0 aliphatic carbocycles. The summed E-state index contributed by atoms with van der Waals surface area (Å²) in [5, 5.41) is 2.61. The van der Waals surface area contributed by atoms with E-state index >= 15 is 0 Å². The SMILES string of the molecule is COc1ccc(CN(C)C(=O)[C@@H](NC(=O)OCc2ccccc2)C(C)C)cc1OC(F)F. The number of amides is 2. The Morgan fingerprint density at radius 1 is 1.03 bits per heavy atom. The van der Waals surface area contributed by atoms with Crippen LogP contribution in [0, 0.1) is 5.92 Å². The van der Waals surface area contributed by atoms with Gasteiger partial charge in [-0.05, 0) is 29.2 Å². The van der Waals surface area contributed by atoms with Crippen LogP contribution in [0.15, 0.2) is 48.5 Å². The topological polar surface area (TPSA) is 77.1 Å². The first-order valence-electron chi connectivity index (χ1n) is 10.0. The number of alkyl halides is 2. The average molecular weight is 450 g/mol. The van der Waals surface area contributed by atoms with Gasteiger partial charge in [-0.2, -0.15) is 8.78 Å². The number of benzene rings is 2. The molecule has 9 heteroatoms. The van der Waals surface area contributed by atoms with E-state index in [1.807, 2.05) is 30.3 Å². The number of methoxy groups -OCH3 is 1. The fraction of sp³-hybridized carbons (Fsp3) is 0.391. The molecule has 32 heavy (non-hydrogen) atoms. The van der Waals surface area contributed by atoms with E-state index in [2.05, 4.69) is 10.1 Å². The fourth-order valence-corrected chi connectivity index (χ4v) is 3.00. The van der Waals surface area contributed by atoms with Gasteiger partial charge in [0.25, 0.3) is 0 Å². The molecule has 2 rings (SSSR count). The van der Waals surface area contributed by atoms with Crippen molar-refractivity contribution in [3.63, 3.8) is 0 Å². The molecule has 0 heterocycles. The molecule has 1 N–H and O–H groups in total. The standard InChI is InChI=1S/C23H28F2N2O5/c1-15(2)20(26-23(29)31-14-16-8-6-5-7-9-16)21(28)27(3)13-17-10-11-18(30-4)19(12-17)32-22(24)25/h5-12,15,20,22H,13-14H2,1-4H3,(H,26,29)/t20-/m0/s1. The van der Waals surface area contributed by atoms with Gasteiger partial charge in [-0.3, -0.25) is 4.79 Å². The van der Waals surface area contributed by atoms with Crippen molar-refractivity contribution in [2.24, 2.45) is 5.92 Å². The second-order valence-corrected chi connectivity index (χ2v) is 7.49. The number of nitrogens with zero attached hydrogens (tertiary/aromatic N) is 1. The summed E-state index contributed by atoms with van der Waals surface area (Å²) in [6.07, 6.45) is -0.702. The van der Waals surface area contributed by atoms with Crippen LogP contribution in [0.4, 0.5) is 13.6 Å². The first kappa shape index (κ1) is 24.9. The molecule has 2 amide bonds. The van der Waals surface area contributed by atoms with Gasteiger partial charge in [-0.1, -0.05) is 50.2 Å². The predicted molar refractivity (Wildman–Crippen MR) is 114 cm³/mol. The van der Waals surface area contributed by atoms with Gasteiger partial charge in [0.1, 0.15) is 12.6 Å². The number of rotatable bonds is 10. The Morgan fingerprint density at radius 3 is 2.31 bits per heavy atom. The molecule has 0 bridgehead atoms. The van der Waals surface area contributed by atoms with Crippen molar-refractivity contribution < 1.29 is 32.6 Å². The molecule has 174 valence electrons. The molecule has 0 radical (unpaired) electrons. The van der Waals surface area contributed by atoms with Crippen LogP contribution in [-0.4, -0.2) is 43.7 Å². The molecular weight excluding hydrogens is 422 g/mol. The predicted octanol–water partition coefficient (Wildman–Crippen LogP) is 4.21. The van der Waals surface area contributed by atoms with Gasteiger partial charge >= 0.3 is 12.7 Å². The van der Waals surface area contributed by atoms with Gasteiger partial charge in [0.05, 0.1) is 7.11 Å². The van der Waals surface area contributed by atoms with Crippen LogP contribution >= 0.6 is 0 Å². The molecule has 1 atom stereocenters. The number of hydrogen-bond donors (Lipinski definition) is 1. The zero-order valence-electron chi connectivity index (χ0n) is 18.5. The van der Waals surface area contributed by atoms with Crippen LogP contribution in [0.25, 0.3) is 0 Å². The molecule has 0 saturated heterocycles. The van der Waals surface area contributed by atoms with E-state index in [0.717, 1.165) is 5.56 Å². The van der Waals surface area contributed by atoms with Crippen molar-refractivity contribution in [1.82, 2.24) is 10.2 Å². The highest BCUT2D eigenvalue weighted by Gasteiger charge is 2.28. The van der Waals surface area contributed by atoms with Crippen LogP contribution in [0.2, 0.25) is 0 Å². The van der Waals surface area contributed by atoms with Crippen LogP contribution in [-0.2, 0) is 22.7 Å². The Bertz CT molecular complexity index is 893. The third-order valence-corrected chi connectivity index (χ3v) is 4.66. The van der Waals surface area contributed by atoms with Gasteiger partial charge in [-0.15, -0.1) is 0 Å². The minimum Gasteiger partial charge on any atom is -0.493 e. The van der Waals surface area contributed by atoms with Crippen molar-refractivity contribution in [2.75, 3.05) is 14.2 Å². The lowest BCUT2D eigenvalue weighted by molar-refractivity contribution is -0.133. The van der Waals surface area contributed by atoms with Gasteiger partial charge < -0.3 is 24.4 Å². The normalized spacial score (nSPS) is 11.8. The van der Waals surface area contributed by atoms with Gasteiger partial charge in [0.2, 0.25) is 5.91 Å². The minimum absolute atomic E-state index is 0.0836. The van der Waals surface area contributed by atoms with Crippen molar-refractivity contribution >= 4 is 12.0 Å². The first-order valence-corrected chi connectivity index (χ1v) is 10.0. The van der Waals surface area contributed by atoms with E-state index in [0.29, 0.717) is 5.56 Å². The molecule has 0 fully saturated rings. The van der Waals surface area contributed by atoms with E-state index in [-0.39, 0.29) is 36.5 Å². The summed E-state index contributed by atoms with van der Waals surface area (Å²) >= 11 is 0. The van der Waals surface area contributed by atoms with E-state index in [1.54, 1.807) is 27.0 Å². The molecule has 0 unspecified atom stereocenters. The summed E-state index contributed by atoms with van der Waals surface area (Å²) in [5.41, 5.74) is 1.39. The zero-order valence-corrected chi connectivity index (χ0v) is 18.5. The Morgan fingerprint density at radius 2 is 1.72 bits per heavy atom. The van der Waals surface area contributed by atoms with Gasteiger partial charge in [0.15, 0.2) is 11.5 Å². The van der Waals surface area contributed by atoms with Crippen molar-refractivity contribution in [3.05, 3.63) is 59.7 Å². The third kappa shape index (κ3) is 7.40. The number of carbonyl (C=O) groups excluding carboxylic acids is 2. The molecule has 0 aromatic heterocycles. The summed E-state index contributed by atoms with van der Waals surface area (Å²) in [4.78, 5) is 26.6. The Kier molecular flexibility index (Phi) is 9.24. The molecule has 0 aliphatic heterocycles. The molecule has 0 saturated carbocycles. The number of carbonyl (C=O) groups is 2. The molecule has 0 spiro atoms. The highest BCUT2D eigenvalue weighted by atomic mass is 19.3. The van der Waals surface area contributed by atoms with Crippen LogP contribution in [0.5, 0.6) is 11.5 Å². The highest BCUT2D eigenvalue weighted by Crippen LogP contribution is 2.30. The first-order chi connectivity index (χ1) is 15.2. The lowest BCUT2D eigenvalue weighted by Crippen LogP contribution is -2.50. The van der Waals surface area contributed by atoms with E-state index in [4.69, 9.17) is 9.47 Å².